The molecule has 0 fully saturated rings. The van der Waals surface area contributed by atoms with Gasteiger partial charge >= 0.3 is 0 Å². The molecule has 106 valence electrons. The molecule has 0 amide bonds. The third kappa shape index (κ3) is 5.17. The Labute approximate surface area is 121 Å². The summed E-state index contributed by atoms with van der Waals surface area (Å²) in [4.78, 5) is 0.417. The lowest BCUT2D eigenvalue weighted by Crippen LogP contribution is -2.12. The molecule has 0 spiro atoms. The third-order valence-corrected chi connectivity index (χ3v) is 3.10. The summed E-state index contributed by atoms with van der Waals surface area (Å²) in [5.41, 5.74) is 8.63. The average Bonchev–Trinajstić information content (AvgIpc) is 2.35. The van der Waals surface area contributed by atoms with Crippen molar-refractivity contribution in [3.05, 3.63) is 28.8 Å². The highest BCUT2D eigenvalue weighted by molar-refractivity contribution is 7.80. The summed E-state index contributed by atoms with van der Waals surface area (Å²) >= 11 is 4.99. The molecular formula is C15H23NO2S. The molecule has 1 aromatic carbocycles. The molecule has 1 aromatic rings. The summed E-state index contributed by atoms with van der Waals surface area (Å²) in [7, 11) is 0. The Morgan fingerprint density at radius 1 is 1.16 bits per heavy atom. The van der Waals surface area contributed by atoms with Gasteiger partial charge in [-0.15, -0.1) is 0 Å². The highest BCUT2D eigenvalue weighted by Crippen LogP contribution is 2.24. The fourth-order valence-electron chi connectivity index (χ4n) is 1.87. The van der Waals surface area contributed by atoms with Gasteiger partial charge in [-0.05, 0) is 43.5 Å². The summed E-state index contributed by atoms with van der Waals surface area (Å²) in [6, 6.07) is 3.92. The first kappa shape index (κ1) is 15.9. The number of aryl methyl sites for hydroxylation is 2. The van der Waals surface area contributed by atoms with E-state index in [1.54, 1.807) is 0 Å². The van der Waals surface area contributed by atoms with E-state index in [0.29, 0.717) is 18.2 Å². The molecule has 0 unspecified atom stereocenters. The highest BCUT2D eigenvalue weighted by atomic mass is 32.1. The van der Waals surface area contributed by atoms with Gasteiger partial charge in [0, 0.05) is 12.2 Å². The first-order chi connectivity index (χ1) is 9.06. The van der Waals surface area contributed by atoms with E-state index in [1.165, 1.54) is 0 Å². The lowest BCUT2D eigenvalue weighted by molar-refractivity contribution is 0.0976. The zero-order valence-electron chi connectivity index (χ0n) is 12.0. The van der Waals surface area contributed by atoms with E-state index in [2.05, 4.69) is 6.92 Å². The van der Waals surface area contributed by atoms with Crippen molar-refractivity contribution in [1.82, 2.24) is 0 Å². The Morgan fingerprint density at radius 2 is 1.79 bits per heavy atom. The van der Waals surface area contributed by atoms with Crippen molar-refractivity contribution in [2.45, 2.75) is 33.6 Å². The number of hydrogen-bond acceptors (Lipinski definition) is 3. The molecule has 2 N–H and O–H groups in total. The van der Waals surface area contributed by atoms with Crippen molar-refractivity contribution < 1.29 is 9.47 Å². The maximum atomic E-state index is 5.77. The van der Waals surface area contributed by atoms with Gasteiger partial charge in [-0.1, -0.05) is 25.6 Å². The molecule has 19 heavy (non-hydrogen) atoms. The van der Waals surface area contributed by atoms with Crippen LogP contribution in [0.3, 0.4) is 0 Å². The number of benzene rings is 1. The van der Waals surface area contributed by atoms with Crippen LogP contribution in [0.5, 0.6) is 5.75 Å². The largest absolute Gasteiger partial charge is 0.491 e. The Morgan fingerprint density at radius 3 is 2.32 bits per heavy atom. The molecule has 3 nitrogen and oxygen atoms in total. The molecule has 0 aliphatic carbocycles. The van der Waals surface area contributed by atoms with Crippen LogP contribution in [-0.4, -0.2) is 24.8 Å². The predicted octanol–water partition coefficient (Wildman–Crippen LogP) is 3.13. The van der Waals surface area contributed by atoms with Crippen molar-refractivity contribution in [2.75, 3.05) is 19.8 Å². The molecule has 0 radical (unpaired) electrons. The minimum absolute atomic E-state index is 0.417. The monoisotopic (exact) mass is 281 g/mol. The van der Waals surface area contributed by atoms with Gasteiger partial charge in [0.15, 0.2) is 0 Å². The van der Waals surface area contributed by atoms with E-state index in [9.17, 15) is 0 Å². The first-order valence-corrected chi connectivity index (χ1v) is 7.08. The second-order valence-corrected chi connectivity index (χ2v) is 5.06. The number of unbranched alkanes of at least 4 members (excludes halogenated alkanes) is 1. The van der Waals surface area contributed by atoms with Gasteiger partial charge in [0.2, 0.25) is 0 Å². The van der Waals surface area contributed by atoms with Gasteiger partial charge in [-0.2, -0.15) is 0 Å². The standard InChI is InChI=1S/C15H23NO2S/c1-4-5-6-17-7-8-18-14-11(2)9-13(15(16)19)10-12(14)3/h9-10H,4-8H2,1-3H3,(H2,16,19). The smallest absolute Gasteiger partial charge is 0.125 e. The van der Waals surface area contributed by atoms with E-state index in [1.807, 2.05) is 26.0 Å². The van der Waals surface area contributed by atoms with E-state index in [0.717, 1.165) is 41.9 Å². The van der Waals surface area contributed by atoms with E-state index in [4.69, 9.17) is 27.4 Å². The quantitative estimate of drug-likeness (QED) is 0.587. The number of hydrogen-bond donors (Lipinski definition) is 1. The van der Waals surface area contributed by atoms with Crippen LogP contribution < -0.4 is 10.5 Å². The molecule has 0 heterocycles. The van der Waals surface area contributed by atoms with Crippen molar-refractivity contribution in [3.8, 4) is 5.75 Å². The van der Waals surface area contributed by atoms with Crippen LogP contribution in [0.4, 0.5) is 0 Å². The number of thiocarbonyl (C=S) groups is 1. The molecule has 0 atom stereocenters. The number of rotatable bonds is 8. The lowest BCUT2D eigenvalue weighted by atomic mass is 10.1. The maximum Gasteiger partial charge on any atom is 0.125 e. The SMILES string of the molecule is CCCCOCCOc1c(C)cc(C(N)=S)cc1C. The maximum absolute atomic E-state index is 5.77. The second-order valence-electron chi connectivity index (χ2n) is 4.62. The highest BCUT2D eigenvalue weighted by Gasteiger charge is 2.07. The molecule has 0 aromatic heterocycles. The molecule has 0 aliphatic rings. The first-order valence-electron chi connectivity index (χ1n) is 6.67. The van der Waals surface area contributed by atoms with Crippen molar-refractivity contribution in [1.29, 1.82) is 0 Å². The third-order valence-electron chi connectivity index (χ3n) is 2.86. The van der Waals surface area contributed by atoms with Gasteiger partial charge in [0.25, 0.3) is 0 Å². The van der Waals surface area contributed by atoms with Crippen LogP contribution in [0, 0.1) is 13.8 Å². The van der Waals surface area contributed by atoms with Gasteiger partial charge in [0.05, 0.1) is 6.61 Å². The van der Waals surface area contributed by atoms with Crippen LogP contribution in [0.25, 0.3) is 0 Å². The van der Waals surface area contributed by atoms with Gasteiger partial charge < -0.3 is 15.2 Å². The molecule has 0 saturated carbocycles. The molecule has 1 rings (SSSR count). The minimum Gasteiger partial charge on any atom is -0.491 e. The summed E-state index contributed by atoms with van der Waals surface area (Å²) in [5.74, 6) is 0.902. The summed E-state index contributed by atoms with van der Waals surface area (Å²) in [5, 5.41) is 0. The van der Waals surface area contributed by atoms with Crippen LogP contribution in [0.2, 0.25) is 0 Å². The topological polar surface area (TPSA) is 44.5 Å². The normalized spacial score (nSPS) is 10.5. The minimum atomic E-state index is 0.417. The predicted molar refractivity (Wildman–Crippen MR) is 83.0 cm³/mol. The molecule has 0 saturated heterocycles. The Balaban J connectivity index is 2.52. The Kier molecular flexibility index (Phi) is 6.81. The fraction of sp³-hybridized carbons (Fsp3) is 0.533. The van der Waals surface area contributed by atoms with Crippen LogP contribution in [-0.2, 0) is 4.74 Å². The van der Waals surface area contributed by atoms with E-state index < -0.39 is 0 Å². The zero-order valence-corrected chi connectivity index (χ0v) is 12.8. The molecule has 0 bridgehead atoms. The van der Waals surface area contributed by atoms with Gasteiger partial charge in [0.1, 0.15) is 17.3 Å². The molecule has 0 aliphatic heterocycles. The number of ether oxygens (including phenoxy) is 2. The lowest BCUT2D eigenvalue weighted by Gasteiger charge is -2.14. The van der Waals surface area contributed by atoms with Gasteiger partial charge in [-0.25, -0.2) is 0 Å². The van der Waals surface area contributed by atoms with Crippen molar-refractivity contribution >= 4 is 17.2 Å². The molecular weight excluding hydrogens is 258 g/mol. The summed E-state index contributed by atoms with van der Waals surface area (Å²) in [6.07, 6.45) is 2.25. The summed E-state index contributed by atoms with van der Waals surface area (Å²) in [6.45, 7) is 8.14. The molecule has 4 heteroatoms. The second kappa shape index (κ2) is 8.12. The Hall–Kier alpha value is -1.13. The van der Waals surface area contributed by atoms with Crippen molar-refractivity contribution in [3.63, 3.8) is 0 Å². The zero-order chi connectivity index (χ0) is 14.3. The van der Waals surface area contributed by atoms with Gasteiger partial charge in [-0.3, -0.25) is 0 Å². The fourth-order valence-corrected chi connectivity index (χ4v) is 1.99. The van der Waals surface area contributed by atoms with E-state index >= 15 is 0 Å². The van der Waals surface area contributed by atoms with Crippen LogP contribution >= 0.6 is 12.2 Å². The van der Waals surface area contributed by atoms with Crippen molar-refractivity contribution in [2.24, 2.45) is 5.73 Å². The number of nitrogens with two attached hydrogens (primary N) is 1. The average molecular weight is 281 g/mol. The van der Waals surface area contributed by atoms with Crippen LogP contribution in [0.1, 0.15) is 36.5 Å². The summed E-state index contributed by atoms with van der Waals surface area (Å²) < 4.78 is 11.2. The van der Waals surface area contributed by atoms with E-state index in [-0.39, 0.29) is 0 Å². The Bertz CT molecular complexity index is 409. The van der Waals surface area contributed by atoms with Crippen LogP contribution in [0.15, 0.2) is 12.1 Å².